The van der Waals surface area contributed by atoms with Crippen LogP contribution in [0, 0.1) is 5.92 Å². The molecule has 4 heterocycles. The molecule has 3 aromatic rings. The third-order valence-corrected chi connectivity index (χ3v) is 6.13. The van der Waals surface area contributed by atoms with Crippen molar-refractivity contribution in [3.8, 4) is 11.1 Å². The topological polar surface area (TPSA) is 84.5 Å². The van der Waals surface area contributed by atoms with Crippen molar-refractivity contribution >= 4 is 17.5 Å². The van der Waals surface area contributed by atoms with E-state index in [1.807, 2.05) is 39.8 Å². The standard InChI is InChI=1S/C24H23N3O4/c1-15(28)25-19-6-4-17(5-7-19)20-8-9-22(29)27-13-16-11-18(23(20)27)14-26(12-16)24(30)21-3-2-10-31-21/h2-10,16,18H,11-14H2,1H3,(H,25,28)/t16-,18+/m0/s1. The van der Waals surface area contributed by atoms with Gasteiger partial charge in [0.05, 0.1) is 6.26 Å². The fraction of sp³-hybridized carbons (Fsp3) is 0.292. The van der Waals surface area contributed by atoms with Gasteiger partial charge in [-0.05, 0) is 48.2 Å². The summed E-state index contributed by atoms with van der Waals surface area (Å²) in [5.41, 5.74) is 3.67. The lowest BCUT2D eigenvalue weighted by atomic mass is 9.80. The van der Waals surface area contributed by atoms with E-state index in [2.05, 4.69) is 5.32 Å². The van der Waals surface area contributed by atoms with E-state index >= 15 is 0 Å². The van der Waals surface area contributed by atoms with Crippen molar-refractivity contribution in [1.82, 2.24) is 9.47 Å². The second-order valence-electron chi connectivity index (χ2n) is 8.33. The molecule has 2 aliphatic rings. The molecule has 1 fully saturated rings. The minimum absolute atomic E-state index is 0.00544. The Bertz CT molecular complexity index is 1190. The van der Waals surface area contributed by atoms with E-state index in [1.165, 1.54) is 13.2 Å². The summed E-state index contributed by atoms with van der Waals surface area (Å²) in [5.74, 6) is 0.434. The fourth-order valence-electron chi connectivity index (χ4n) is 4.92. The van der Waals surface area contributed by atoms with Crippen LogP contribution in [0.3, 0.4) is 0 Å². The van der Waals surface area contributed by atoms with E-state index in [0.717, 1.165) is 28.9 Å². The van der Waals surface area contributed by atoms with Crippen LogP contribution < -0.4 is 10.9 Å². The molecule has 2 aromatic heterocycles. The first-order valence-electron chi connectivity index (χ1n) is 10.4. The first kappa shape index (κ1) is 19.4. The maximum absolute atomic E-state index is 12.9. The largest absolute Gasteiger partial charge is 0.459 e. The predicted molar refractivity (Wildman–Crippen MR) is 116 cm³/mol. The normalized spacial score (nSPS) is 19.6. The number of piperidine rings is 1. The summed E-state index contributed by atoms with van der Waals surface area (Å²) in [4.78, 5) is 38.7. The molecule has 158 valence electrons. The van der Waals surface area contributed by atoms with E-state index in [0.29, 0.717) is 25.4 Å². The van der Waals surface area contributed by atoms with Crippen molar-refractivity contribution < 1.29 is 14.0 Å². The summed E-state index contributed by atoms with van der Waals surface area (Å²) >= 11 is 0. The third kappa shape index (κ3) is 3.56. The van der Waals surface area contributed by atoms with Crippen molar-refractivity contribution in [3.63, 3.8) is 0 Å². The summed E-state index contributed by atoms with van der Waals surface area (Å²) in [7, 11) is 0. The summed E-state index contributed by atoms with van der Waals surface area (Å²) in [6.45, 7) is 3.25. The van der Waals surface area contributed by atoms with Crippen molar-refractivity contribution in [3.05, 3.63) is 76.6 Å². The van der Waals surface area contributed by atoms with Gasteiger partial charge in [0.2, 0.25) is 5.91 Å². The van der Waals surface area contributed by atoms with Gasteiger partial charge in [0.15, 0.2) is 5.76 Å². The first-order valence-corrected chi connectivity index (χ1v) is 10.4. The number of nitrogens with one attached hydrogen (secondary N) is 1. The van der Waals surface area contributed by atoms with Crippen LogP contribution in [0.4, 0.5) is 5.69 Å². The van der Waals surface area contributed by atoms with Crippen molar-refractivity contribution in [2.45, 2.75) is 25.8 Å². The second kappa shape index (κ2) is 7.58. The van der Waals surface area contributed by atoms with Crippen LogP contribution in [0.2, 0.25) is 0 Å². The van der Waals surface area contributed by atoms with E-state index in [9.17, 15) is 14.4 Å². The molecule has 1 aromatic carbocycles. The number of benzene rings is 1. The van der Waals surface area contributed by atoms with Crippen molar-refractivity contribution in [2.24, 2.45) is 5.92 Å². The van der Waals surface area contributed by atoms with Crippen LogP contribution in [0.5, 0.6) is 0 Å². The number of furan rings is 1. The molecule has 2 aliphatic heterocycles. The molecular formula is C24H23N3O4. The zero-order valence-electron chi connectivity index (χ0n) is 17.2. The quantitative estimate of drug-likeness (QED) is 0.709. The highest BCUT2D eigenvalue weighted by molar-refractivity contribution is 5.91. The Balaban J connectivity index is 1.51. The lowest BCUT2D eigenvalue weighted by Crippen LogP contribution is -2.49. The number of hydrogen-bond acceptors (Lipinski definition) is 4. The smallest absolute Gasteiger partial charge is 0.289 e. The third-order valence-electron chi connectivity index (χ3n) is 6.13. The van der Waals surface area contributed by atoms with Crippen LogP contribution >= 0.6 is 0 Å². The fourth-order valence-corrected chi connectivity index (χ4v) is 4.92. The van der Waals surface area contributed by atoms with Gasteiger partial charge in [0.25, 0.3) is 11.5 Å². The van der Waals surface area contributed by atoms with Crippen LogP contribution in [-0.2, 0) is 11.3 Å². The van der Waals surface area contributed by atoms with Gasteiger partial charge in [-0.15, -0.1) is 0 Å². The molecule has 0 unspecified atom stereocenters. The van der Waals surface area contributed by atoms with Gasteiger partial charge >= 0.3 is 0 Å². The number of rotatable bonds is 3. The molecule has 2 amide bonds. The molecule has 0 aliphatic carbocycles. The summed E-state index contributed by atoms with van der Waals surface area (Å²) in [6, 6.07) is 14.5. The van der Waals surface area contributed by atoms with Crippen molar-refractivity contribution in [2.75, 3.05) is 18.4 Å². The van der Waals surface area contributed by atoms with E-state index < -0.39 is 0 Å². The highest BCUT2D eigenvalue weighted by Gasteiger charge is 2.38. The molecule has 1 saturated heterocycles. The average molecular weight is 417 g/mol. The molecule has 7 heteroatoms. The number of aromatic nitrogens is 1. The van der Waals surface area contributed by atoms with E-state index in [1.54, 1.807) is 18.2 Å². The first-order chi connectivity index (χ1) is 15.0. The molecule has 0 spiro atoms. The molecule has 31 heavy (non-hydrogen) atoms. The molecule has 7 nitrogen and oxygen atoms in total. The number of likely N-dealkylation sites (tertiary alicyclic amines) is 1. The number of amides is 2. The second-order valence-corrected chi connectivity index (χ2v) is 8.33. The van der Waals surface area contributed by atoms with Crippen molar-refractivity contribution in [1.29, 1.82) is 0 Å². The van der Waals surface area contributed by atoms with Gasteiger partial charge < -0.3 is 19.2 Å². The molecule has 0 radical (unpaired) electrons. The summed E-state index contributed by atoms with van der Waals surface area (Å²) < 4.78 is 7.19. The van der Waals surface area contributed by atoms with Gasteiger partial charge in [0, 0.05) is 55.5 Å². The maximum Gasteiger partial charge on any atom is 0.289 e. The van der Waals surface area contributed by atoms with Gasteiger partial charge in [-0.25, -0.2) is 0 Å². The average Bonchev–Trinajstić information content (AvgIpc) is 3.29. The van der Waals surface area contributed by atoms with Crippen LogP contribution in [0.15, 0.2) is 64.0 Å². The van der Waals surface area contributed by atoms with Crippen LogP contribution in [-0.4, -0.2) is 34.4 Å². The number of carbonyl (C=O) groups is 2. The Hall–Kier alpha value is -3.61. The summed E-state index contributed by atoms with van der Waals surface area (Å²) in [6.07, 6.45) is 2.46. The number of hydrogen-bond donors (Lipinski definition) is 1. The highest BCUT2D eigenvalue weighted by Crippen LogP contribution is 2.40. The lowest BCUT2D eigenvalue weighted by Gasteiger charge is -2.43. The molecule has 2 bridgehead atoms. The van der Waals surface area contributed by atoms with Gasteiger partial charge in [-0.3, -0.25) is 14.4 Å². The monoisotopic (exact) mass is 417 g/mol. The minimum atomic E-state index is -0.119. The minimum Gasteiger partial charge on any atom is -0.459 e. The number of pyridine rings is 1. The van der Waals surface area contributed by atoms with Crippen LogP contribution in [0.25, 0.3) is 11.1 Å². The zero-order chi connectivity index (χ0) is 21.5. The maximum atomic E-state index is 12.9. The Kier molecular flexibility index (Phi) is 4.73. The molecule has 2 atom stereocenters. The zero-order valence-corrected chi connectivity index (χ0v) is 17.2. The molecule has 0 saturated carbocycles. The Morgan fingerprint density at radius 2 is 1.84 bits per heavy atom. The SMILES string of the molecule is CC(=O)Nc1ccc(-c2ccc(=O)n3c2[C@@H]2C[C@@H](CN(C(=O)c4ccco4)C2)C3)cc1. The lowest BCUT2D eigenvalue weighted by molar-refractivity contribution is -0.114. The number of carbonyl (C=O) groups excluding carboxylic acids is 2. The predicted octanol–water partition coefficient (Wildman–Crippen LogP) is 3.33. The van der Waals surface area contributed by atoms with Gasteiger partial charge in [-0.1, -0.05) is 12.1 Å². The summed E-state index contributed by atoms with van der Waals surface area (Å²) in [5, 5.41) is 2.77. The number of nitrogens with zero attached hydrogens (tertiary/aromatic N) is 2. The Labute approximate surface area is 179 Å². The van der Waals surface area contributed by atoms with E-state index in [4.69, 9.17) is 4.42 Å². The molecule has 5 rings (SSSR count). The Morgan fingerprint density at radius 1 is 1.03 bits per heavy atom. The number of fused-ring (bicyclic) bond motifs is 4. The van der Waals surface area contributed by atoms with Crippen LogP contribution in [0.1, 0.15) is 35.5 Å². The molecular weight excluding hydrogens is 394 g/mol. The van der Waals surface area contributed by atoms with E-state index in [-0.39, 0.29) is 29.2 Å². The Morgan fingerprint density at radius 3 is 2.55 bits per heavy atom. The van der Waals surface area contributed by atoms with Gasteiger partial charge in [-0.2, -0.15) is 0 Å². The number of anilines is 1. The van der Waals surface area contributed by atoms with Gasteiger partial charge in [0.1, 0.15) is 0 Å². The molecule has 1 N–H and O–H groups in total. The highest BCUT2D eigenvalue weighted by atomic mass is 16.3.